The molecule has 0 bridgehead atoms. The predicted octanol–water partition coefficient (Wildman–Crippen LogP) is 2.90. The van der Waals surface area contributed by atoms with Crippen molar-refractivity contribution in [3.8, 4) is 0 Å². The number of halogens is 1. The number of rotatable bonds is 5. The van der Waals surface area contributed by atoms with Gasteiger partial charge in [0.25, 0.3) is 0 Å². The summed E-state index contributed by atoms with van der Waals surface area (Å²) in [6, 6.07) is 6.59. The molecule has 1 atom stereocenters. The van der Waals surface area contributed by atoms with Crippen molar-refractivity contribution >= 4 is 23.5 Å². The highest BCUT2D eigenvalue weighted by atomic mass is 35.5. The molecule has 0 aliphatic heterocycles. The minimum atomic E-state index is -1.34. The van der Waals surface area contributed by atoms with Crippen LogP contribution in [0.25, 0.3) is 0 Å². The Morgan fingerprint density at radius 1 is 1.26 bits per heavy atom. The lowest BCUT2D eigenvalue weighted by molar-refractivity contribution is -0.159. The van der Waals surface area contributed by atoms with Crippen molar-refractivity contribution in [1.82, 2.24) is 4.90 Å². The third-order valence-electron chi connectivity index (χ3n) is 3.34. The number of benzene rings is 1. The smallest absolute Gasteiger partial charge is 0.334 e. The van der Waals surface area contributed by atoms with Crippen LogP contribution in [0.2, 0.25) is 5.02 Å². The van der Waals surface area contributed by atoms with E-state index in [0.29, 0.717) is 17.1 Å². The van der Waals surface area contributed by atoms with E-state index in [9.17, 15) is 14.7 Å². The van der Waals surface area contributed by atoms with Gasteiger partial charge >= 0.3 is 5.97 Å². The molecule has 1 N–H and O–H groups in total. The number of hydrogen-bond donors (Lipinski definition) is 1. The fourth-order valence-electron chi connectivity index (χ4n) is 2.43. The molecule has 0 saturated carbocycles. The zero-order valence-corrected chi connectivity index (χ0v) is 12.1. The summed E-state index contributed by atoms with van der Waals surface area (Å²) in [6.07, 6.45) is 0.289. The Morgan fingerprint density at radius 3 is 2.11 bits per heavy atom. The van der Waals surface area contributed by atoms with Crippen LogP contribution in [0.3, 0.4) is 0 Å². The molecule has 19 heavy (non-hydrogen) atoms. The number of likely N-dealkylation sites (N-methyl/N-ethyl adjacent to an activating group) is 1. The molecule has 1 rings (SSSR count). The Kier molecular flexibility index (Phi) is 4.95. The largest absolute Gasteiger partial charge is 0.479 e. The topological polar surface area (TPSA) is 57.6 Å². The second kappa shape index (κ2) is 6.06. The third-order valence-corrected chi connectivity index (χ3v) is 3.60. The molecule has 1 amide bonds. The molecule has 0 aromatic heterocycles. The lowest BCUT2D eigenvalue weighted by Crippen LogP contribution is -2.53. The van der Waals surface area contributed by atoms with Gasteiger partial charge in [-0.25, -0.2) is 4.79 Å². The molecule has 1 aromatic carbocycles. The molecule has 104 valence electrons. The van der Waals surface area contributed by atoms with Crippen molar-refractivity contribution < 1.29 is 14.7 Å². The quantitative estimate of drug-likeness (QED) is 0.904. The summed E-state index contributed by atoms with van der Waals surface area (Å²) in [4.78, 5) is 25.0. The maximum atomic E-state index is 11.8. The van der Waals surface area contributed by atoms with Crippen LogP contribution in [0, 0.1) is 0 Å². The van der Waals surface area contributed by atoms with Crippen molar-refractivity contribution in [3.63, 3.8) is 0 Å². The van der Waals surface area contributed by atoms with E-state index < -0.39 is 11.5 Å². The third kappa shape index (κ3) is 2.73. The van der Waals surface area contributed by atoms with Gasteiger partial charge in [-0.2, -0.15) is 0 Å². The highest BCUT2D eigenvalue weighted by Crippen LogP contribution is 2.33. The zero-order valence-electron chi connectivity index (χ0n) is 11.3. The molecule has 0 aliphatic rings. The first kappa shape index (κ1) is 15.5. The van der Waals surface area contributed by atoms with Gasteiger partial charge in [0.05, 0.1) is 0 Å². The van der Waals surface area contributed by atoms with E-state index in [0.717, 1.165) is 0 Å². The van der Waals surface area contributed by atoms with Crippen LogP contribution in [0.4, 0.5) is 0 Å². The number of amides is 1. The first-order chi connectivity index (χ1) is 8.90. The van der Waals surface area contributed by atoms with Gasteiger partial charge in [0.1, 0.15) is 0 Å². The van der Waals surface area contributed by atoms with Gasteiger partial charge in [0.15, 0.2) is 5.54 Å². The molecule has 0 saturated heterocycles. The van der Waals surface area contributed by atoms with Gasteiger partial charge < -0.3 is 10.0 Å². The Bertz CT molecular complexity index is 472. The molecule has 0 spiro atoms. The van der Waals surface area contributed by atoms with Crippen LogP contribution >= 0.6 is 11.6 Å². The Labute approximate surface area is 118 Å². The Hall–Kier alpha value is -1.55. The van der Waals surface area contributed by atoms with Gasteiger partial charge in [0.2, 0.25) is 5.91 Å². The fourth-order valence-corrected chi connectivity index (χ4v) is 2.55. The van der Waals surface area contributed by atoms with E-state index >= 15 is 0 Å². The van der Waals surface area contributed by atoms with Crippen LogP contribution in [-0.2, 0) is 15.1 Å². The van der Waals surface area contributed by atoms with Crippen LogP contribution in [0.1, 0.15) is 32.8 Å². The van der Waals surface area contributed by atoms with E-state index in [1.165, 1.54) is 11.8 Å². The van der Waals surface area contributed by atoms with Crippen LogP contribution in [-0.4, -0.2) is 28.4 Å². The van der Waals surface area contributed by atoms with E-state index in [-0.39, 0.29) is 12.3 Å². The normalized spacial score (nSPS) is 13.7. The molecule has 5 heteroatoms. The molecular formula is C14H18ClNO3. The monoisotopic (exact) mass is 283 g/mol. The standard InChI is InChI=1S/C14H18ClNO3/c1-4-14(13(18)19,16(5-2)10(3)17)11-6-8-12(15)9-7-11/h6-9H,4-5H2,1-3H3,(H,18,19). The van der Waals surface area contributed by atoms with Gasteiger partial charge in [-0.1, -0.05) is 30.7 Å². The first-order valence-corrected chi connectivity index (χ1v) is 6.55. The van der Waals surface area contributed by atoms with Crippen molar-refractivity contribution in [3.05, 3.63) is 34.9 Å². The van der Waals surface area contributed by atoms with Crippen LogP contribution in [0.5, 0.6) is 0 Å². The second-order valence-electron chi connectivity index (χ2n) is 4.29. The minimum absolute atomic E-state index is 0.262. The van der Waals surface area contributed by atoms with Gasteiger partial charge in [-0.3, -0.25) is 4.79 Å². The number of carboxylic acid groups (broad SMARTS) is 1. The predicted molar refractivity (Wildman–Crippen MR) is 74.1 cm³/mol. The summed E-state index contributed by atoms with van der Waals surface area (Å²) in [5.41, 5.74) is -0.783. The molecule has 0 aliphatic carbocycles. The first-order valence-electron chi connectivity index (χ1n) is 6.17. The van der Waals surface area contributed by atoms with Gasteiger partial charge in [0, 0.05) is 18.5 Å². The highest BCUT2D eigenvalue weighted by Gasteiger charge is 2.45. The molecule has 0 heterocycles. The summed E-state index contributed by atoms with van der Waals surface area (Å²) in [5.74, 6) is -1.30. The highest BCUT2D eigenvalue weighted by molar-refractivity contribution is 6.30. The number of nitrogens with zero attached hydrogens (tertiary/aromatic N) is 1. The number of carboxylic acids is 1. The second-order valence-corrected chi connectivity index (χ2v) is 4.73. The Morgan fingerprint density at radius 2 is 1.79 bits per heavy atom. The Balaban J connectivity index is 3.46. The minimum Gasteiger partial charge on any atom is -0.479 e. The summed E-state index contributed by atoms with van der Waals surface area (Å²) in [5, 5.41) is 10.2. The van der Waals surface area contributed by atoms with E-state index in [1.54, 1.807) is 38.1 Å². The lowest BCUT2D eigenvalue weighted by Gasteiger charge is -2.39. The molecule has 1 unspecified atom stereocenters. The fraction of sp³-hybridized carbons (Fsp3) is 0.429. The molecule has 1 aromatic rings. The van der Waals surface area contributed by atoms with Gasteiger partial charge in [-0.15, -0.1) is 0 Å². The molecular weight excluding hydrogens is 266 g/mol. The van der Waals surface area contributed by atoms with E-state index in [4.69, 9.17) is 11.6 Å². The number of aliphatic carboxylic acids is 1. The summed E-state index contributed by atoms with van der Waals surface area (Å²) in [7, 11) is 0. The van der Waals surface area contributed by atoms with E-state index in [2.05, 4.69) is 0 Å². The number of carbonyl (C=O) groups is 2. The van der Waals surface area contributed by atoms with Crippen LogP contribution < -0.4 is 0 Å². The average Bonchev–Trinajstić information content (AvgIpc) is 2.36. The average molecular weight is 284 g/mol. The lowest BCUT2D eigenvalue weighted by atomic mass is 9.85. The van der Waals surface area contributed by atoms with Crippen molar-refractivity contribution in [2.24, 2.45) is 0 Å². The molecule has 0 radical (unpaired) electrons. The number of carbonyl (C=O) groups excluding carboxylic acids is 1. The van der Waals surface area contributed by atoms with Crippen molar-refractivity contribution in [2.75, 3.05) is 6.54 Å². The number of hydrogen-bond acceptors (Lipinski definition) is 2. The van der Waals surface area contributed by atoms with Crippen molar-refractivity contribution in [1.29, 1.82) is 0 Å². The summed E-state index contributed by atoms with van der Waals surface area (Å²) >= 11 is 5.83. The maximum Gasteiger partial charge on any atom is 0.334 e. The summed E-state index contributed by atoms with van der Waals surface area (Å²) < 4.78 is 0. The van der Waals surface area contributed by atoms with E-state index in [1.807, 2.05) is 0 Å². The van der Waals surface area contributed by atoms with Gasteiger partial charge in [-0.05, 0) is 31.0 Å². The van der Waals surface area contributed by atoms with Crippen molar-refractivity contribution in [2.45, 2.75) is 32.7 Å². The molecule has 0 fully saturated rings. The summed E-state index contributed by atoms with van der Waals surface area (Å²) in [6.45, 7) is 5.24. The SMILES string of the molecule is CCN(C(C)=O)C(CC)(C(=O)O)c1ccc(Cl)cc1. The maximum absolute atomic E-state index is 11.8. The zero-order chi connectivity index (χ0) is 14.6. The van der Waals surface area contributed by atoms with Crippen LogP contribution in [0.15, 0.2) is 24.3 Å². The molecule has 4 nitrogen and oxygen atoms in total.